The standard InChI is InChI=1S/C57H80N10O16S7/c1-4-83-57(82)39(19-32-9-13-34(70)14-10-32)62-42-25-87-85-23-35-41-24-86-89-27-46(72)40(22-84)64-48(63-36(15-16-49(74)75)53(78)66-37(52(35)77)18-31-7-11-33(69)12-8-31)28-90-88-26-43(65-50(30(3)68)55(80)59-21-45(42)71)51(76)29(2)60-54(79)44-6-5-17-67(44)56(81)38(61-41)20-47(58)73/h7-14,29-30,35-44,48,50,61-65,68-70,84H,4-6,15-28H2,1-3H3,(H2,58,73)(H,59,80)(H,60,79)(H,66,78)(H,74,75)/t29-,30+,35?,36-,37-,38-,39?,40-,41?,42?,43?,44-,48?,50-/m0/s1. The number of Topliss-reactive ketones (excluding diaryl/α,β-unsaturated/α-hetero) is 4. The summed E-state index contributed by atoms with van der Waals surface area (Å²) in [6.07, 6.45) is -3.75. The molecule has 5 aliphatic heterocycles. The number of aliphatic hydroxyl groups is 1. The molecular formula is C57H80N10O16S7. The van der Waals surface area contributed by atoms with Gasteiger partial charge < -0.3 is 57.1 Å². The second kappa shape index (κ2) is 37.2. The smallest absolute Gasteiger partial charge is 0.323 e. The Balaban J connectivity index is 1.59. The van der Waals surface area contributed by atoms with E-state index in [0.717, 1.165) is 54.0 Å². The highest BCUT2D eigenvalue weighted by Crippen LogP contribution is 2.33. The average molecular weight is 1390 g/mol. The van der Waals surface area contributed by atoms with Gasteiger partial charge in [0.2, 0.25) is 29.5 Å². The van der Waals surface area contributed by atoms with Gasteiger partial charge in [-0.05, 0) is 88.3 Å². The van der Waals surface area contributed by atoms with Crippen molar-refractivity contribution >= 4 is 142 Å². The Morgan fingerprint density at radius 2 is 1.40 bits per heavy atom. The number of hydrogen-bond acceptors (Lipinski definition) is 27. The monoisotopic (exact) mass is 1380 g/mol. The molecule has 90 heavy (non-hydrogen) atoms. The van der Waals surface area contributed by atoms with E-state index in [1.807, 2.05) is 0 Å². The molecule has 5 saturated heterocycles. The summed E-state index contributed by atoms with van der Waals surface area (Å²) in [6.45, 7) is 3.63. The van der Waals surface area contributed by atoms with Gasteiger partial charge in [-0.25, -0.2) is 0 Å². The lowest BCUT2D eigenvalue weighted by Gasteiger charge is -2.35. The first-order valence-corrected chi connectivity index (χ1v) is 37.4. The SMILES string of the molecule is CCOC(=O)C(Cc1ccc(O)cc1)NC1CSSCC2C(=O)[C@H](Cc3ccc(O)cc3)NC(=O)[C@H](CCC(=O)O)NC3CSSCC(N[C@@H]([C@@H](C)O)C(=O)NCC1=O)C(=O)[C@H](C)NC(=O)[C@@H]1CCCN1C(=O)[C@H](CC(N)=O)NC2CSSCC(=O)[C@H](CS)N3. The van der Waals surface area contributed by atoms with Gasteiger partial charge in [0.1, 0.15) is 29.6 Å². The fraction of sp³-hybridized carbons (Fsp3) is 0.596. The number of carbonyl (C=O) groups excluding carboxylic acids is 10. The Morgan fingerprint density at radius 3 is 2.06 bits per heavy atom. The van der Waals surface area contributed by atoms with Crippen molar-refractivity contribution in [1.29, 1.82) is 0 Å². The molecule has 5 fully saturated rings. The van der Waals surface area contributed by atoms with Gasteiger partial charge in [-0.1, -0.05) is 89.0 Å². The number of amides is 5. The number of thiol groups is 1. The van der Waals surface area contributed by atoms with Gasteiger partial charge in [0.15, 0.2) is 23.1 Å². The minimum Gasteiger partial charge on any atom is -0.508 e. The van der Waals surface area contributed by atoms with Gasteiger partial charge in [0.05, 0.1) is 79.9 Å². The number of fused-ring (bicyclic) bond motifs is 14. The molecule has 7 rings (SSSR count). The van der Waals surface area contributed by atoms with E-state index in [0.29, 0.717) is 17.5 Å². The minimum atomic E-state index is -1.58. The Morgan fingerprint density at radius 1 is 0.756 bits per heavy atom. The lowest BCUT2D eigenvalue weighted by atomic mass is 9.89. The van der Waals surface area contributed by atoms with E-state index >= 15 is 14.4 Å². The van der Waals surface area contributed by atoms with Crippen LogP contribution in [0.1, 0.15) is 64.0 Å². The van der Waals surface area contributed by atoms with Crippen LogP contribution >= 0.6 is 77.4 Å². The topological polar surface area (TPSA) is 403 Å². The second-order valence-electron chi connectivity index (χ2n) is 22.0. The number of ether oxygens (including phenoxy) is 1. The number of phenols is 2. The van der Waals surface area contributed by atoms with Crippen LogP contribution in [0.3, 0.4) is 0 Å². The predicted octanol–water partition coefficient (Wildman–Crippen LogP) is -0.106. The zero-order chi connectivity index (χ0) is 65.6. The number of nitrogens with two attached hydrogens (primary N) is 1. The number of carbonyl (C=O) groups is 11. The highest BCUT2D eigenvalue weighted by atomic mass is 33.1. The van der Waals surface area contributed by atoms with Gasteiger partial charge in [0.25, 0.3) is 0 Å². The second-order valence-corrected chi connectivity index (χ2v) is 30.0. The van der Waals surface area contributed by atoms with E-state index in [2.05, 4.69) is 55.2 Å². The summed E-state index contributed by atoms with van der Waals surface area (Å²) in [7, 11) is 6.70. The summed E-state index contributed by atoms with van der Waals surface area (Å²) >= 11 is 4.53. The molecule has 14 N–H and O–H groups in total. The van der Waals surface area contributed by atoms with Crippen molar-refractivity contribution in [3.05, 3.63) is 59.7 Å². The van der Waals surface area contributed by atoms with Crippen molar-refractivity contribution in [2.45, 2.75) is 144 Å². The largest absolute Gasteiger partial charge is 0.508 e. The average Bonchev–Trinajstić information content (AvgIpc) is 3.05. The number of primary amides is 1. The van der Waals surface area contributed by atoms with Gasteiger partial charge in [0, 0.05) is 59.4 Å². The molecule has 5 heterocycles. The summed E-state index contributed by atoms with van der Waals surface area (Å²) in [6, 6.07) is -2.41. The molecule has 14 atom stereocenters. The van der Waals surface area contributed by atoms with Crippen LogP contribution in [0.2, 0.25) is 0 Å². The maximum absolute atomic E-state index is 16.1. The highest BCUT2D eigenvalue weighted by Gasteiger charge is 2.44. The summed E-state index contributed by atoms with van der Waals surface area (Å²) < 4.78 is 5.45. The number of phenolic OH excluding ortho intramolecular Hbond substituents is 2. The van der Waals surface area contributed by atoms with Gasteiger partial charge in [-0.2, -0.15) is 12.6 Å². The first kappa shape index (κ1) is 74.3. The number of aromatic hydroxyl groups is 2. The minimum absolute atomic E-state index is 0.00988. The third-order valence-corrected chi connectivity index (χ3v) is 22.8. The number of carboxylic acids is 1. The number of esters is 1. The molecule has 26 nitrogen and oxygen atoms in total. The maximum atomic E-state index is 16.1. The summed E-state index contributed by atoms with van der Waals surface area (Å²) in [5.74, 6) is -10.5. The fourth-order valence-electron chi connectivity index (χ4n) is 10.5. The molecule has 33 heteroatoms. The Bertz CT molecular complexity index is 2840. The molecule has 5 aliphatic rings. The van der Waals surface area contributed by atoms with E-state index in [1.54, 1.807) is 31.2 Å². The summed E-state index contributed by atoms with van der Waals surface area (Å²) in [5, 5.41) is 65.8. The van der Waals surface area contributed by atoms with Crippen molar-refractivity contribution in [1.82, 2.24) is 47.4 Å². The molecule has 0 saturated carbocycles. The molecule has 0 aromatic heterocycles. The van der Waals surface area contributed by atoms with E-state index in [-0.39, 0.29) is 96.4 Å². The molecule has 0 radical (unpaired) electrons. The number of hydrogen-bond donors (Lipinski definition) is 14. The number of nitrogens with zero attached hydrogens (tertiary/aromatic N) is 1. The number of carboxylic acid groups (broad SMARTS) is 1. The summed E-state index contributed by atoms with van der Waals surface area (Å²) in [4.78, 5) is 160. The third-order valence-electron chi connectivity index (χ3n) is 15.3. The van der Waals surface area contributed by atoms with Gasteiger partial charge in [-0.3, -0.25) is 74.0 Å². The molecular weight excluding hydrogens is 1310 g/mol. The van der Waals surface area contributed by atoms with E-state index in [9.17, 15) is 58.8 Å². The van der Waals surface area contributed by atoms with E-state index in [4.69, 9.17) is 10.5 Å². The van der Waals surface area contributed by atoms with Crippen LogP contribution < -0.4 is 48.3 Å². The lowest BCUT2D eigenvalue weighted by Crippen LogP contribution is -2.61. The van der Waals surface area contributed by atoms with Gasteiger partial charge >= 0.3 is 11.9 Å². The molecule has 6 unspecified atom stereocenters. The molecule has 5 amide bonds. The van der Waals surface area contributed by atoms with Crippen LogP contribution in [0.25, 0.3) is 0 Å². The first-order chi connectivity index (χ1) is 43.0. The lowest BCUT2D eigenvalue weighted by molar-refractivity contribution is -0.146. The molecule has 4 bridgehead atoms. The first-order valence-electron chi connectivity index (χ1n) is 29.3. The predicted molar refractivity (Wildman–Crippen MR) is 352 cm³/mol. The van der Waals surface area contributed by atoms with Crippen molar-refractivity contribution in [2.24, 2.45) is 11.7 Å². The van der Waals surface area contributed by atoms with E-state index < -0.39 is 163 Å². The Hall–Kier alpha value is -4.78. The third kappa shape index (κ3) is 22.8. The number of nitrogens with one attached hydrogen (secondary N) is 8. The summed E-state index contributed by atoms with van der Waals surface area (Å²) in [5.41, 5.74) is 6.95. The van der Waals surface area contributed by atoms with Crippen LogP contribution in [-0.2, 0) is 70.3 Å². The van der Waals surface area contributed by atoms with Crippen molar-refractivity contribution in [3.63, 3.8) is 0 Å². The normalized spacial score (nSPS) is 28.8. The number of rotatable bonds is 15. The van der Waals surface area contributed by atoms with Crippen LogP contribution in [-0.4, -0.2) is 229 Å². The maximum Gasteiger partial charge on any atom is 0.323 e. The zero-order valence-corrected chi connectivity index (χ0v) is 55.6. The number of aliphatic hydroxyl groups excluding tert-OH is 1. The van der Waals surface area contributed by atoms with Crippen LogP contribution in [0.5, 0.6) is 11.5 Å². The molecule has 496 valence electrons. The quantitative estimate of drug-likeness (QED) is 0.0629. The number of ketones is 4. The number of aliphatic carboxylic acids is 1. The van der Waals surface area contributed by atoms with Crippen LogP contribution in [0.4, 0.5) is 0 Å². The van der Waals surface area contributed by atoms with Crippen LogP contribution in [0, 0.1) is 5.92 Å². The van der Waals surface area contributed by atoms with Gasteiger partial charge in [-0.15, -0.1) is 0 Å². The highest BCUT2D eigenvalue weighted by molar-refractivity contribution is 8.77. The molecule has 0 aliphatic carbocycles. The Kier molecular flexibility index (Phi) is 30.7. The fourth-order valence-corrected chi connectivity index (χ4v) is 18.0. The molecule has 2 aromatic carbocycles. The van der Waals surface area contributed by atoms with Crippen molar-refractivity contribution < 1.29 is 77.9 Å². The zero-order valence-electron chi connectivity index (χ0n) is 49.8. The van der Waals surface area contributed by atoms with Crippen LogP contribution in [0.15, 0.2) is 48.5 Å². The van der Waals surface area contributed by atoms with Crippen molar-refractivity contribution in [3.8, 4) is 11.5 Å². The molecule has 2 aromatic rings. The van der Waals surface area contributed by atoms with E-state index in [1.165, 1.54) is 53.8 Å². The van der Waals surface area contributed by atoms with Crippen molar-refractivity contribution in [2.75, 3.05) is 60.0 Å². The molecule has 0 spiro atoms. The number of benzene rings is 2. The Labute approximate surface area is 551 Å².